The third kappa shape index (κ3) is 5.42. The number of hydrogen-bond donors (Lipinski definition) is 1. The van der Waals surface area contributed by atoms with Crippen molar-refractivity contribution < 1.29 is 41.0 Å². The second-order valence-corrected chi connectivity index (χ2v) is 10.4. The van der Waals surface area contributed by atoms with Crippen molar-refractivity contribution in [2.45, 2.75) is 24.2 Å². The average Bonchev–Trinajstić information content (AvgIpc) is 3.13. The number of rotatable bonds is 6. The minimum atomic E-state index is -4.93. The van der Waals surface area contributed by atoms with Crippen LogP contribution < -0.4 is 9.64 Å². The molecule has 3 rings (SSSR count). The summed E-state index contributed by atoms with van der Waals surface area (Å²) in [6.07, 6.45) is -4.93. The molecule has 0 unspecified atom stereocenters. The first kappa shape index (κ1) is 25.7. The van der Waals surface area contributed by atoms with Crippen molar-refractivity contribution in [3.8, 4) is 5.75 Å². The number of carboxylic acid groups (broad SMARTS) is 1. The maximum absolute atomic E-state index is 13.1. The van der Waals surface area contributed by atoms with Gasteiger partial charge in [0.2, 0.25) is 10.0 Å². The normalized spacial score (nSPS) is 17.5. The number of aryl methyl sites for hydroxylation is 1. The second-order valence-electron chi connectivity index (χ2n) is 7.55. The summed E-state index contributed by atoms with van der Waals surface area (Å²) in [6, 6.07) is 2.04. The van der Waals surface area contributed by atoms with Crippen LogP contribution >= 0.6 is 11.3 Å². The van der Waals surface area contributed by atoms with E-state index < -0.39 is 34.1 Å². The Labute approximate surface area is 197 Å². The number of carboxylic acids is 1. The fraction of sp³-hybridized carbons (Fsp3) is 0.421. The van der Waals surface area contributed by atoms with Gasteiger partial charge in [0.1, 0.15) is 16.7 Å². The van der Waals surface area contributed by atoms with Crippen LogP contribution in [0.4, 0.5) is 18.3 Å². The number of ether oxygens (including phenoxy) is 1. The molecule has 1 fully saturated rings. The zero-order valence-electron chi connectivity index (χ0n) is 18.2. The van der Waals surface area contributed by atoms with Gasteiger partial charge in [0.15, 0.2) is 5.13 Å². The molecule has 0 bridgehead atoms. The summed E-state index contributed by atoms with van der Waals surface area (Å²) >= 11 is 1.08. The van der Waals surface area contributed by atoms with Crippen LogP contribution in [-0.2, 0) is 14.8 Å². The number of carbonyl (C=O) groups excluding carboxylic acids is 1. The molecule has 1 aliphatic rings. The van der Waals surface area contributed by atoms with E-state index >= 15 is 0 Å². The Morgan fingerprint density at radius 2 is 1.82 bits per heavy atom. The lowest BCUT2D eigenvalue weighted by atomic mass is 10.2. The highest BCUT2D eigenvalue weighted by molar-refractivity contribution is 7.89. The van der Waals surface area contributed by atoms with Crippen molar-refractivity contribution in [2.75, 3.05) is 38.6 Å². The van der Waals surface area contributed by atoms with E-state index in [-0.39, 0.29) is 30.4 Å². The van der Waals surface area contributed by atoms with E-state index in [4.69, 9.17) is 0 Å². The van der Waals surface area contributed by atoms with Crippen LogP contribution in [-0.4, -0.2) is 85.7 Å². The lowest BCUT2D eigenvalue weighted by Crippen LogP contribution is -2.58. The van der Waals surface area contributed by atoms with E-state index in [0.717, 1.165) is 39.9 Å². The minimum absolute atomic E-state index is 0.0980. The first-order valence-corrected chi connectivity index (χ1v) is 12.0. The number of nitrogens with zero attached hydrogens (tertiary/aromatic N) is 4. The van der Waals surface area contributed by atoms with Crippen LogP contribution in [0.15, 0.2) is 29.2 Å². The molecule has 1 amide bonds. The number of alkyl halides is 3. The highest BCUT2D eigenvalue weighted by Gasteiger charge is 2.41. The minimum Gasteiger partial charge on any atom is -0.480 e. The zero-order chi connectivity index (χ0) is 25.4. The summed E-state index contributed by atoms with van der Waals surface area (Å²) in [4.78, 5) is 31.6. The molecule has 186 valence electrons. The molecule has 1 saturated heterocycles. The highest BCUT2D eigenvalue weighted by Crippen LogP contribution is 2.31. The van der Waals surface area contributed by atoms with Gasteiger partial charge in [-0.1, -0.05) is 11.3 Å². The number of piperazine rings is 1. The molecule has 34 heavy (non-hydrogen) atoms. The first-order valence-electron chi connectivity index (χ1n) is 9.75. The van der Waals surface area contributed by atoms with Gasteiger partial charge in [-0.2, -0.15) is 4.31 Å². The largest absolute Gasteiger partial charge is 0.573 e. The Kier molecular flexibility index (Phi) is 7.10. The number of amides is 1. The topological polar surface area (TPSA) is 120 Å². The lowest BCUT2D eigenvalue weighted by molar-refractivity contribution is -0.274. The van der Waals surface area contributed by atoms with Gasteiger partial charge >= 0.3 is 12.3 Å². The molecule has 1 aromatic carbocycles. The second kappa shape index (κ2) is 9.38. The van der Waals surface area contributed by atoms with Crippen molar-refractivity contribution >= 4 is 38.4 Å². The van der Waals surface area contributed by atoms with Crippen LogP contribution in [0.1, 0.15) is 15.4 Å². The fourth-order valence-electron chi connectivity index (χ4n) is 3.30. The summed E-state index contributed by atoms with van der Waals surface area (Å²) in [7, 11) is -1.16. The number of thiazole rings is 1. The van der Waals surface area contributed by atoms with Gasteiger partial charge in [-0.25, -0.2) is 13.4 Å². The third-order valence-electron chi connectivity index (χ3n) is 4.94. The Bertz CT molecular complexity index is 1180. The number of anilines is 1. The molecule has 0 saturated carbocycles. The predicted octanol–water partition coefficient (Wildman–Crippen LogP) is 2.02. The van der Waals surface area contributed by atoms with Gasteiger partial charge in [-0.05, 0) is 31.2 Å². The smallest absolute Gasteiger partial charge is 0.480 e. The van der Waals surface area contributed by atoms with Crippen LogP contribution in [0.2, 0.25) is 0 Å². The van der Waals surface area contributed by atoms with Crippen molar-refractivity contribution in [1.82, 2.24) is 14.2 Å². The van der Waals surface area contributed by atoms with Gasteiger partial charge in [-0.15, -0.1) is 13.2 Å². The van der Waals surface area contributed by atoms with Crippen LogP contribution in [0.3, 0.4) is 0 Å². The number of sulfonamides is 1. The lowest BCUT2D eigenvalue weighted by Gasteiger charge is -2.38. The Morgan fingerprint density at radius 1 is 1.21 bits per heavy atom. The summed E-state index contributed by atoms with van der Waals surface area (Å²) < 4.78 is 67.7. The molecule has 1 aromatic heterocycles. The summed E-state index contributed by atoms with van der Waals surface area (Å²) in [5.74, 6) is -2.26. The maximum atomic E-state index is 13.1. The van der Waals surface area contributed by atoms with Crippen LogP contribution in [0, 0.1) is 6.92 Å². The summed E-state index contributed by atoms with van der Waals surface area (Å²) in [6.45, 7) is 1.31. The van der Waals surface area contributed by atoms with Crippen molar-refractivity contribution in [3.05, 3.63) is 34.8 Å². The quantitative estimate of drug-likeness (QED) is 0.612. The van der Waals surface area contributed by atoms with Crippen LogP contribution in [0.25, 0.3) is 0 Å². The van der Waals surface area contributed by atoms with E-state index in [9.17, 15) is 36.3 Å². The van der Waals surface area contributed by atoms with Gasteiger partial charge < -0.3 is 19.6 Å². The Morgan fingerprint density at radius 3 is 2.35 bits per heavy atom. The van der Waals surface area contributed by atoms with Gasteiger partial charge in [-0.3, -0.25) is 9.59 Å². The molecular weight excluding hydrogens is 501 g/mol. The molecule has 0 spiro atoms. The van der Waals surface area contributed by atoms with Crippen molar-refractivity contribution in [2.24, 2.45) is 0 Å². The molecule has 0 aliphatic carbocycles. The number of aromatic nitrogens is 1. The van der Waals surface area contributed by atoms with Gasteiger partial charge in [0.05, 0.1) is 10.6 Å². The number of benzene rings is 1. The molecule has 0 radical (unpaired) electrons. The Balaban J connectivity index is 1.83. The van der Waals surface area contributed by atoms with Crippen molar-refractivity contribution in [3.63, 3.8) is 0 Å². The molecule has 1 aliphatic heterocycles. The standard InChI is InChI=1S/C19H21F3N4O6S2/c1-11-15(16(27)24(2)3)33-18(23-11)25-8-9-26(14(10-25)17(28)29)34(30,31)13-6-4-12(5-7-13)32-19(20,21)22/h4-7,14H,8-10H2,1-3H3,(H,28,29)/t14-/m1/s1. The van der Waals surface area contributed by atoms with E-state index in [0.29, 0.717) is 15.7 Å². The van der Waals surface area contributed by atoms with Crippen LogP contribution in [0.5, 0.6) is 5.75 Å². The van der Waals surface area contributed by atoms with E-state index in [1.54, 1.807) is 25.9 Å². The molecule has 2 heterocycles. The van der Waals surface area contributed by atoms with Gasteiger partial charge in [0.25, 0.3) is 5.91 Å². The number of aliphatic carboxylic acids is 1. The van der Waals surface area contributed by atoms with Crippen molar-refractivity contribution in [1.29, 1.82) is 0 Å². The fourth-order valence-corrected chi connectivity index (χ4v) is 5.98. The molecule has 15 heteroatoms. The predicted molar refractivity (Wildman–Crippen MR) is 116 cm³/mol. The SMILES string of the molecule is Cc1nc(N2CCN(S(=O)(=O)c3ccc(OC(F)(F)F)cc3)[C@@H](C(=O)O)C2)sc1C(=O)N(C)C. The molecular formula is C19H21F3N4O6S2. The summed E-state index contributed by atoms with van der Waals surface area (Å²) in [5, 5.41) is 10.1. The average molecular weight is 523 g/mol. The van der Waals surface area contributed by atoms with Gasteiger partial charge in [0, 0.05) is 33.7 Å². The van der Waals surface area contributed by atoms with E-state index in [1.807, 2.05) is 0 Å². The molecule has 1 atom stereocenters. The number of halogens is 3. The Hall–Kier alpha value is -2.91. The highest BCUT2D eigenvalue weighted by atomic mass is 32.2. The molecule has 1 N–H and O–H groups in total. The van der Waals surface area contributed by atoms with E-state index in [1.165, 1.54) is 4.90 Å². The number of hydrogen-bond acceptors (Lipinski definition) is 8. The number of carbonyl (C=O) groups is 2. The van der Waals surface area contributed by atoms with E-state index in [2.05, 4.69) is 9.72 Å². The first-order chi connectivity index (χ1) is 15.7. The summed E-state index contributed by atoms with van der Waals surface area (Å²) in [5.41, 5.74) is 0.474. The molecule has 2 aromatic rings. The monoisotopic (exact) mass is 522 g/mol. The molecule has 10 nitrogen and oxygen atoms in total. The maximum Gasteiger partial charge on any atom is 0.573 e. The third-order valence-corrected chi connectivity index (χ3v) is 8.07. The zero-order valence-corrected chi connectivity index (χ0v) is 19.9.